The molecule has 2 heteroatoms. The van der Waals surface area contributed by atoms with Crippen LogP contribution in [0.5, 0.6) is 11.5 Å². The molecule has 2 nitrogen and oxygen atoms in total. The molecular weight excluding hydrogens is 236 g/mol. The minimum absolute atomic E-state index is 0.0101. The van der Waals surface area contributed by atoms with E-state index in [9.17, 15) is 10.2 Å². The Morgan fingerprint density at radius 3 is 2.05 bits per heavy atom. The summed E-state index contributed by atoms with van der Waals surface area (Å²) >= 11 is 0. The molecule has 1 fully saturated rings. The van der Waals surface area contributed by atoms with E-state index in [2.05, 4.69) is 6.92 Å². The molecule has 1 aliphatic rings. The van der Waals surface area contributed by atoms with Gasteiger partial charge in [0.2, 0.25) is 0 Å². The van der Waals surface area contributed by atoms with Gasteiger partial charge >= 0.3 is 0 Å². The van der Waals surface area contributed by atoms with Crippen LogP contribution in [0, 0.1) is 0 Å². The first-order valence-electron chi connectivity index (χ1n) is 7.31. The maximum absolute atomic E-state index is 10.4. The average molecular weight is 262 g/mol. The summed E-state index contributed by atoms with van der Waals surface area (Å²) in [5.74, 6) is 0.652. The maximum Gasteiger partial charge on any atom is 0.119 e. The molecule has 0 aromatic heterocycles. The molecule has 1 saturated carbocycles. The van der Waals surface area contributed by atoms with Gasteiger partial charge in [-0.1, -0.05) is 47.0 Å². The van der Waals surface area contributed by atoms with Crippen LogP contribution in [0.25, 0.3) is 0 Å². The van der Waals surface area contributed by atoms with Crippen LogP contribution in [-0.4, -0.2) is 10.2 Å². The van der Waals surface area contributed by atoms with Crippen LogP contribution >= 0.6 is 0 Å². The molecule has 2 rings (SSSR count). The number of aromatic hydroxyl groups is 2. The zero-order valence-corrected chi connectivity index (χ0v) is 12.6. The van der Waals surface area contributed by atoms with Crippen LogP contribution in [0.2, 0.25) is 0 Å². The Morgan fingerprint density at radius 2 is 1.53 bits per heavy atom. The van der Waals surface area contributed by atoms with Crippen LogP contribution in [0.1, 0.15) is 70.9 Å². The van der Waals surface area contributed by atoms with Crippen LogP contribution in [0.15, 0.2) is 12.1 Å². The fraction of sp³-hybridized carbons (Fsp3) is 0.647. The summed E-state index contributed by atoms with van der Waals surface area (Å²) in [6.45, 7) is 8.34. The van der Waals surface area contributed by atoms with Crippen molar-refractivity contribution in [2.45, 2.75) is 70.6 Å². The van der Waals surface area contributed by atoms with E-state index in [-0.39, 0.29) is 10.8 Å². The highest BCUT2D eigenvalue weighted by molar-refractivity contribution is 5.50. The second-order valence-electron chi connectivity index (χ2n) is 7.26. The summed E-state index contributed by atoms with van der Waals surface area (Å²) in [5, 5.41) is 20.7. The molecule has 0 atom stereocenters. The van der Waals surface area contributed by atoms with E-state index in [0.29, 0.717) is 11.5 Å². The van der Waals surface area contributed by atoms with E-state index < -0.39 is 0 Å². The normalized spacial score (nSPS) is 19.4. The summed E-state index contributed by atoms with van der Waals surface area (Å²) in [4.78, 5) is 0. The highest BCUT2D eigenvalue weighted by Crippen LogP contribution is 2.46. The summed E-state index contributed by atoms with van der Waals surface area (Å²) in [6, 6.07) is 3.55. The van der Waals surface area contributed by atoms with Crippen molar-refractivity contribution in [2.75, 3.05) is 0 Å². The van der Waals surface area contributed by atoms with Gasteiger partial charge in [0.15, 0.2) is 0 Å². The molecule has 0 unspecified atom stereocenters. The number of rotatable bonds is 1. The zero-order valence-electron chi connectivity index (χ0n) is 12.6. The van der Waals surface area contributed by atoms with Crippen molar-refractivity contribution in [1.82, 2.24) is 0 Å². The molecule has 0 radical (unpaired) electrons. The van der Waals surface area contributed by atoms with Crippen LogP contribution in [0.3, 0.4) is 0 Å². The molecule has 0 amide bonds. The molecule has 1 aromatic rings. The third kappa shape index (κ3) is 2.72. The van der Waals surface area contributed by atoms with Crippen molar-refractivity contribution in [2.24, 2.45) is 0 Å². The lowest BCUT2D eigenvalue weighted by Gasteiger charge is -2.35. The maximum atomic E-state index is 10.4. The molecule has 0 bridgehead atoms. The third-order valence-electron chi connectivity index (χ3n) is 4.53. The molecule has 2 N–H and O–H groups in total. The van der Waals surface area contributed by atoms with Crippen LogP contribution in [-0.2, 0) is 10.8 Å². The van der Waals surface area contributed by atoms with Crippen LogP contribution < -0.4 is 0 Å². The molecule has 0 saturated heterocycles. The second-order valence-corrected chi connectivity index (χ2v) is 7.26. The Bertz CT molecular complexity index is 463. The van der Waals surface area contributed by atoms with E-state index in [1.807, 2.05) is 20.8 Å². The number of phenolic OH excluding ortho intramolecular Hbond substituents is 2. The number of benzene rings is 1. The minimum Gasteiger partial charge on any atom is -0.508 e. The van der Waals surface area contributed by atoms with Gasteiger partial charge in [0.05, 0.1) is 0 Å². The van der Waals surface area contributed by atoms with Gasteiger partial charge in [-0.15, -0.1) is 0 Å². The SMILES string of the molecule is CC(C)(C)c1cc(O)c(C2(C)CCCCC2)cc1O. The van der Waals surface area contributed by atoms with Gasteiger partial charge in [-0.2, -0.15) is 0 Å². The van der Waals surface area contributed by atoms with E-state index in [4.69, 9.17) is 0 Å². The topological polar surface area (TPSA) is 40.5 Å². The monoisotopic (exact) mass is 262 g/mol. The average Bonchev–Trinajstić information content (AvgIpc) is 2.31. The predicted molar refractivity (Wildman–Crippen MR) is 78.9 cm³/mol. The molecular formula is C17H26O2. The molecule has 1 aromatic carbocycles. The fourth-order valence-corrected chi connectivity index (χ4v) is 3.26. The van der Waals surface area contributed by atoms with Crippen molar-refractivity contribution in [3.05, 3.63) is 23.3 Å². The predicted octanol–water partition coefficient (Wildman–Crippen LogP) is 4.62. The lowest BCUT2D eigenvalue weighted by molar-refractivity contribution is 0.306. The Kier molecular flexibility index (Phi) is 3.55. The quantitative estimate of drug-likeness (QED) is 0.725. The lowest BCUT2D eigenvalue weighted by atomic mass is 9.70. The highest BCUT2D eigenvalue weighted by Gasteiger charge is 2.33. The van der Waals surface area contributed by atoms with Crippen molar-refractivity contribution >= 4 is 0 Å². The highest BCUT2D eigenvalue weighted by atomic mass is 16.3. The first-order valence-corrected chi connectivity index (χ1v) is 7.31. The lowest BCUT2D eigenvalue weighted by Crippen LogP contribution is -2.25. The van der Waals surface area contributed by atoms with Crippen LogP contribution in [0.4, 0.5) is 0 Å². The molecule has 19 heavy (non-hydrogen) atoms. The molecule has 0 aliphatic heterocycles. The van der Waals surface area contributed by atoms with Gasteiger partial charge in [-0.25, -0.2) is 0 Å². The molecule has 0 spiro atoms. The summed E-state index contributed by atoms with van der Waals surface area (Å²) in [5.41, 5.74) is 1.58. The van der Waals surface area contributed by atoms with Gasteiger partial charge in [0.25, 0.3) is 0 Å². The van der Waals surface area contributed by atoms with Gasteiger partial charge in [0.1, 0.15) is 11.5 Å². The van der Waals surface area contributed by atoms with Gasteiger partial charge < -0.3 is 10.2 Å². The zero-order chi connectivity index (χ0) is 14.3. The number of hydrogen-bond acceptors (Lipinski definition) is 2. The Morgan fingerprint density at radius 1 is 0.947 bits per heavy atom. The van der Waals surface area contributed by atoms with Crippen molar-refractivity contribution in [1.29, 1.82) is 0 Å². The first kappa shape index (κ1) is 14.2. The molecule has 0 heterocycles. The van der Waals surface area contributed by atoms with Crippen molar-refractivity contribution in [3.8, 4) is 11.5 Å². The minimum atomic E-state index is -0.159. The standard InChI is InChI=1S/C17H26O2/c1-16(2,3)12-10-15(19)13(11-14(12)18)17(4)8-6-5-7-9-17/h10-11,18-19H,5-9H2,1-4H3. The van der Waals surface area contributed by atoms with E-state index in [1.54, 1.807) is 12.1 Å². The Balaban J connectivity index is 2.46. The summed E-state index contributed by atoms with van der Waals surface area (Å²) in [7, 11) is 0. The van der Waals surface area contributed by atoms with E-state index in [1.165, 1.54) is 19.3 Å². The molecule has 106 valence electrons. The fourth-order valence-electron chi connectivity index (χ4n) is 3.26. The summed E-state index contributed by atoms with van der Waals surface area (Å²) in [6.07, 6.45) is 5.88. The largest absolute Gasteiger partial charge is 0.508 e. The van der Waals surface area contributed by atoms with Gasteiger partial charge in [0, 0.05) is 11.1 Å². The van der Waals surface area contributed by atoms with E-state index >= 15 is 0 Å². The molecule has 1 aliphatic carbocycles. The van der Waals surface area contributed by atoms with Gasteiger partial charge in [-0.3, -0.25) is 0 Å². The smallest absolute Gasteiger partial charge is 0.119 e. The van der Waals surface area contributed by atoms with Crippen molar-refractivity contribution < 1.29 is 10.2 Å². The van der Waals surface area contributed by atoms with Crippen molar-refractivity contribution in [3.63, 3.8) is 0 Å². The second kappa shape index (κ2) is 4.73. The number of phenols is 2. The Labute approximate surface area is 116 Å². The third-order valence-corrected chi connectivity index (χ3v) is 4.53. The summed E-state index contributed by atoms with van der Waals surface area (Å²) < 4.78 is 0. The first-order chi connectivity index (χ1) is 8.74. The Hall–Kier alpha value is -1.18. The number of hydrogen-bond donors (Lipinski definition) is 2. The van der Waals surface area contributed by atoms with Gasteiger partial charge in [-0.05, 0) is 35.8 Å². The van der Waals surface area contributed by atoms with E-state index in [0.717, 1.165) is 24.0 Å².